The number of benzene rings is 1. The predicted octanol–water partition coefficient (Wildman–Crippen LogP) is 5.12. The van der Waals surface area contributed by atoms with Gasteiger partial charge in [-0.3, -0.25) is 4.99 Å². The van der Waals surface area contributed by atoms with Gasteiger partial charge in [0.25, 0.3) is 0 Å². The van der Waals surface area contributed by atoms with Crippen molar-refractivity contribution in [2.24, 2.45) is 21.1 Å². The van der Waals surface area contributed by atoms with E-state index >= 15 is 0 Å². The van der Waals surface area contributed by atoms with Crippen LogP contribution in [0.15, 0.2) is 27.0 Å². The molecule has 1 aliphatic carbocycles. The number of alkyl halides is 3. The number of hydrogen-bond donors (Lipinski definition) is 1. The number of thioether (sulfide) groups is 1. The van der Waals surface area contributed by atoms with Gasteiger partial charge < -0.3 is 5.73 Å². The van der Waals surface area contributed by atoms with E-state index in [1.54, 1.807) is 13.3 Å². The Bertz CT molecular complexity index is 655. The molecule has 3 nitrogen and oxygen atoms in total. The van der Waals surface area contributed by atoms with Crippen LogP contribution in [0.3, 0.4) is 0 Å². The lowest BCUT2D eigenvalue weighted by Crippen LogP contribution is -2.26. The predicted molar refractivity (Wildman–Crippen MR) is 90.6 cm³/mol. The molecule has 126 valence electrons. The first-order valence-electron chi connectivity index (χ1n) is 6.63. The van der Waals surface area contributed by atoms with E-state index in [-0.39, 0.29) is 20.4 Å². The van der Waals surface area contributed by atoms with Crippen molar-refractivity contribution in [3.63, 3.8) is 0 Å². The molecule has 0 aromatic heterocycles. The van der Waals surface area contributed by atoms with Crippen LogP contribution in [-0.2, 0) is 0 Å². The van der Waals surface area contributed by atoms with Crippen molar-refractivity contribution in [2.45, 2.75) is 23.9 Å². The van der Waals surface area contributed by atoms with Crippen LogP contribution < -0.4 is 5.73 Å². The van der Waals surface area contributed by atoms with E-state index in [0.29, 0.717) is 23.3 Å². The SMILES string of the molecule is C/N=C/C1(/C(N)=N/c2cc(SCC(F)(F)F)c(Cl)cc2Cl)CC1. The van der Waals surface area contributed by atoms with E-state index < -0.39 is 11.9 Å². The Morgan fingerprint density at radius 1 is 1.35 bits per heavy atom. The summed E-state index contributed by atoms with van der Waals surface area (Å²) in [6.07, 6.45) is -0.887. The second kappa shape index (κ2) is 6.91. The molecule has 0 spiro atoms. The molecule has 0 amide bonds. The second-order valence-corrected chi connectivity index (χ2v) is 7.01. The molecular weight excluding hydrogens is 370 g/mol. The van der Waals surface area contributed by atoms with Gasteiger partial charge >= 0.3 is 6.18 Å². The third kappa shape index (κ3) is 4.78. The van der Waals surface area contributed by atoms with E-state index in [4.69, 9.17) is 28.9 Å². The van der Waals surface area contributed by atoms with E-state index in [1.807, 2.05) is 0 Å². The van der Waals surface area contributed by atoms with Crippen molar-refractivity contribution in [1.29, 1.82) is 0 Å². The average molecular weight is 384 g/mol. The van der Waals surface area contributed by atoms with Crippen molar-refractivity contribution >= 4 is 52.7 Å². The average Bonchev–Trinajstić information content (AvgIpc) is 3.21. The Kier molecular flexibility index (Phi) is 5.53. The monoisotopic (exact) mass is 383 g/mol. The summed E-state index contributed by atoms with van der Waals surface area (Å²) in [6.45, 7) is 0. The van der Waals surface area contributed by atoms with Crippen molar-refractivity contribution in [1.82, 2.24) is 0 Å². The first kappa shape index (κ1) is 18.4. The molecule has 1 saturated carbocycles. The van der Waals surface area contributed by atoms with Crippen LogP contribution in [0.2, 0.25) is 10.0 Å². The molecule has 0 saturated heterocycles. The summed E-state index contributed by atoms with van der Waals surface area (Å²) in [5, 5.41) is 0.386. The lowest BCUT2D eigenvalue weighted by Gasteiger charge is -2.12. The Morgan fingerprint density at radius 2 is 2.00 bits per heavy atom. The lowest BCUT2D eigenvalue weighted by atomic mass is 10.1. The van der Waals surface area contributed by atoms with E-state index in [2.05, 4.69) is 9.98 Å². The third-order valence-corrected chi connectivity index (χ3v) is 5.16. The summed E-state index contributed by atoms with van der Waals surface area (Å²) in [5.74, 6) is -0.696. The van der Waals surface area contributed by atoms with Gasteiger partial charge in [0.2, 0.25) is 0 Å². The van der Waals surface area contributed by atoms with Gasteiger partial charge in [-0.25, -0.2) is 4.99 Å². The molecule has 0 atom stereocenters. The molecule has 2 rings (SSSR count). The van der Waals surface area contributed by atoms with E-state index in [1.165, 1.54) is 12.1 Å². The van der Waals surface area contributed by atoms with Crippen LogP contribution in [-0.4, -0.2) is 31.0 Å². The molecular formula is C14H14Cl2F3N3S. The molecule has 0 radical (unpaired) electrons. The summed E-state index contributed by atoms with van der Waals surface area (Å²) in [4.78, 5) is 8.51. The largest absolute Gasteiger partial charge is 0.398 e. The van der Waals surface area contributed by atoms with Crippen LogP contribution in [0.5, 0.6) is 0 Å². The lowest BCUT2D eigenvalue weighted by molar-refractivity contribution is -0.105. The number of rotatable bonds is 5. The zero-order valence-corrected chi connectivity index (χ0v) is 14.5. The number of hydrogen-bond acceptors (Lipinski definition) is 3. The maximum atomic E-state index is 12.4. The highest BCUT2D eigenvalue weighted by atomic mass is 35.5. The van der Waals surface area contributed by atoms with Gasteiger partial charge in [0.1, 0.15) is 5.84 Å². The number of amidine groups is 1. The van der Waals surface area contributed by atoms with Crippen molar-refractivity contribution < 1.29 is 13.2 Å². The summed E-state index contributed by atoms with van der Waals surface area (Å²) < 4.78 is 37.1. The van der Waals surface area contributed by atoms with E-state index in [9.17, 15) is 13.2 Å². The van der Waals surface area contributed by atoms with Gasteiger partial charge in [-0.05, 0) is 25.0 Å². The minimum Gasteiger partial charge on any atom is -0.386 e. The van der Waals surface area contributed by atoms with Crippen LogP contribution in [0.25, 0.3) is 0 Å². The van der Waals surface area contributed by atoms with Gasteiger partial charge in [0.05, 0.1) is 26.9 Å². The molecule has 9 heteroatoms. The van der Waals surface area contributed by atoms with Crippen LogP contribution in [0, 0.1) is 5.41 Å². The smallest absolute Gasteiger partial charge is 0.386 e. The first-order valence-corrected chi connectivity index (χ1v) is 8.37. The number of nitrogens with zero attached hydrogens (tertiary/aromatic N) is 2. The van der Waals surface area contributed by atoms with Gasteiger partial charge in [0, 0.05) is 18.2 Å². The van der Waals surface area contributed by atoms with Crippen LogP contribution in [0.1, 0.15) is 12.8 Å². The minimum atomic E-state index is -4.29. The van der Waals surface area contributed by atoms with Gasteiger partial charge in [0.15, 0.2) is 0 Å². The van der Waals surface area contributed by atoms with Crippen LogP contribution >= 0.6 is 35.0 Å². The Balaban J connectivity index is 2.29. The highest BCUT2D eigenvalue weighted by Crippen LogP contribution is 2.45. The van der Waals surface area contributed by atoms with Gasteiger partial charge in [-0.2, -0.15) is 13.2 Å². The maximum absolute atomic E-state index is 12.4. The number of nitrogens with two attached hydrogens (primary N) is 1. The fraction of sp³-hybridized carbons (Fsp3) is 0.429. The molecule has 0 unspecified atom stereocenters. The molecule has 0 bridgehead atoms. The zero-order valence-electron chi connectivity index (χ0n) is 12.1. The topological polar surface area (TPSA) is 50.7 Å². The summed E-state index contributed by atoms with van der Waals surface area (Å²) in [5.41, 5.74) is 5.95. The molecule has 23 heavy (non-hydrogen) atoms. The standard InChI is InChI=1S/C14H14Cl2F3N3S/c1-21-6-13(2-3-13)12(20)22-10-5-11(9(16)4-8(10)15)23-7-14(17,18)19/h4-6H,2-3,7H2,1H3,(H2,20,22)/b21-6+. The van der Waals surface area contributed by atoms with Crippen molar-refractivity contribution in [3.05, 3.63) is 22.2 Å². The Morgan fingerprint density at radius 3 is 2.52 bits per heavy atom. The Labute approximate surface area is 146 Å². The highest BCUT2D eigenvalue weighted by molar-refractivity contribution is 7.99. The van der Waals surface area contributed by atoms with Crippen molar-refractivity contribution in [2.75, 3.05) is 12.8 Å². The third-order valence-electron chi connectivity index (χ3n) is 3.31. The highest BCUT2D eigenvalue weighted by Gasteiger charge is 2.45. The molecule has 1 fully saturated rings. The molecule has 1 aromatic rings. The summed E-state index contributed by atoms with van der Waals surface area (Å²) >= 11 is 12.6. The fourth-order valence-electron chi connectivity index (χ4n) is 1.95. The first-order chi connectivity index (χ1) is 10.7. The summed E-state index contributed by atoms with van der Waals surface area (Å²) in [7, 11) is 1.65. The van der Waals surface area contributed by atoms with E-state index in [0.717, 1.165) is 12.8 Å². The molecule has 0 heterocycles. The maximum Gasteiger partial charge on any atom is 0.398 e. The fourth-order valence-corrected chi connectivity index (χ4v) is 3.25. The van der Waals surface area contributed by atoms with Crippen LogP contribution in [0.4, 0.5) is 18.9 Å². The minimum absolute atomic E-state index is 0.151. The number of halogens is 5. The molecule has 2 N–H and O–H groups in total. The molecule has 0 aliphatic heterocycles. The van der Waals surface area contributed by atoms with Gasteiger partial charge in [-0.1, -0.05) is 23.2 Å². The van der Waals surface area contributed by atoms with Gasteiger partial charge in [-0.15, -0.1) is 11.8 Å². The molecule has 1 aliphatic rings. The zero-order chi connectivity index (χ0) is 17.3. The normalized spacial score (nSPS) is 17.7. The van der Waals surface area contributed by atoms with Crippen molar-refractivity contribution in [3.8, 4) is 0 Å². The Hall–Kier alpha value is -0.920. The quantitative estimate of drug-likeness (QED) is 0.435. The molecule has 1 aromatic carbocycles. The second-order valence-electron chi connectivity index (χ2n) is 5.18. The summed E-state index contributed by atoms with van der Waals surface area (Å²) in [6, 6.07) is 2.80. The number of aliphatic imine (C=N–C) groups is 2.